The maximum Gasteiger partial charge on any atom is 0.148 e. The number of ether oxygens (including phenoxy) is 1. The zero-order valence-corrected chi connectivity index (χ0v) is 13.9. The Balaban J connectivity index is 2.54. The summed E-state index contributed by atoms with van der Waals surface area (Å²) < 4.78 is 5.44. The van der Waals surface area contributed by atoms with Gasteiger partial charge in [0, 0.05) is 24.0 Å². The van der Waals surface area contributed by atoms with Gasteiger partial charge in [0.1, 0.15) is 23.2 Å². The van der Waals surface area contributed by atoms with Crippen LogP contribution < -0.4 is 4.74 Å². The number of benzene rings is 1. The van der Waals surface area contributed by atoms with Crippen LogP contribution in [0.2, 0.25) is 0 Å². The van der Waals surface area contributed by atoms with E-state index in [0.29, 0.717) is 24.2 Å². The zero-order chi connectivity index (χ0) is 16.5. The molecule has 1 aliphatic rings. The maximum absolute atomic E-state index is 12.5. The van der Waals surface area contributed by atoms with Gasteiger partial charge in [-0.2, -0.15) is 0 Å². The molecule has 1 saturated carbocycles. The van der Waals surface area contributed by atoms with Gasteiger partial charge < -0.3 is 4.74 Å². The fourth-order valence-electron chi connectivity index (χ4n) is 3.23. The predicted molar refractivity (Wildman–Crippen MR) is 86.1 cm³/mol. The highest BCUT2D eigenvalue weighted by atomic mass is 16.5. The lowest BCUT2D eigenvalue weighted by atomic mass is 9.69. The molecule has 1 aliphatic carbocycles. The third-order valence-corrected chi connectivity index (χ3v) is 4.08. The lowest BCUT2D eigenvalue weighted by molar-refractivity contribution is -0.135. The second kappa shape index (κ2) is 5.96. The monoisotopic (exact) mass is 298 g/mol. The van der Waals surface area contributed by atoms with Crippen molar-refractivity contribution in [2.75, 3.05) is 7.11 Å². The highest BCUT2D eigenvalue weighted by Gasteiger charge is 2.42. The second-order valence-electron chi connectivity index (χ2n) is 6.67. The van der Waals surface area contributed by atoms with Crippen molar-refractivity contribution >= 4 is 11.6 Å². The van der Waals surface area contributed by atoms with Gasteiger partial charge in [0.2, 0.25) is 0 Å². The van der Waals surface area contributed by atoms with Gasteiger partial charge in [-0.1, -0.05) is 19.8 Å². The van der Waals surface area contributed by atoms with Crippen molar-refractivity contribution < 1.29 is 14.3 Å². The van der Waals surface area contributed by atoms with Crippen LogP contribution in [0, 0.1) is 24.2 Å². The van der Waals surface area contributed by atoms with E-state index in [2.05, 4.69) is 11.8 Å². The molecule has 1 aromatic rings. The van der Waals surface area contributed by atoms with E-state index in [9.17, 15) is 9.59 Å². The SMILES string of the molecule is CC#Cc1cc(C)c(C2C(=O)CC(C)(C)CC2=O)c(OC)c1. The van der Waals surface area contributed by atoms with E-state index < -0.39 is 5.92 Å². The fraction of sp³-hybridized carbons (Fsp3) is 0.474. The van der Waals surface area contributed by atoms with Gasteiger partial charge in [-0.05, 0) is 37.0 Å². The molecule has 0 aromatic heterocycles. The van der Waals surface area contributed by atoms with E-state index >= 15 is 0 Å². The second-order valence-corrected chi connectivity index (χ2v) is 6.67. The highest BCUT2D eigenvalue weighted by Crippen LogP contribution is 2.42. The molecule has 0 atom stereocenters. The average Bonchev–Trinajstić information content (AvgIpc) is 2.38. The third kappa shape index (κ3) is 3.06. The van der Waals surface area contributed by atoms with Crippen LogP contribution in [0.25, 0.3) is 0 Å². The average molecular weight is 298 g/mol. The summed E-state index contributed by atoms with van der Waals surface area (Å²) in [5.74, 6) is 5.68. The molecule has 0 amide bonds. The first-order chi connectivity index (χ1) is 10.3. The Morgan fingerprint density at radius 2 is 1.77 bits per heavy atom. The smallest absolute Gasteiger partial charge is 0.148 e. The summed E-state index contributed by atoms with van der Waals surface area (Å²) in [5, 5.41) is 0. The number of methoxy groups -OCH3 is 1. The maximum atomic E-state index is 12.5. The molecule has 0 N–H and O–H groups in total. The van der Waals surface area contributed by atoms with Gasteiger partial charge in [-0.15, -0.1) is 5.92 Å². The zero-order valence-electron chi connectivity index (χ0n) is 13.9. The lowest BCUT2D eigenvalue weighted by Gasteiger charge is -2.33. The van der Waals surface area contributed by atoms with Crippen molar-refractivity contribution in [2.45, 2.75) is 46.5 Å². The summed E-state index contributed by atoms with van der Waals surface area (Å²) in [6, 6.07) is 3.72. The molecule has 3 nitrogen and oxygen atoms in total. The normalized spacial score (nSPS) is 17.9. The molecule has 0 heterocycles. The van der Waals surface area contributed by atoms with Crippen molar-refractivity contribution in [1.82, 2.24) is 0 Å². The van der Waals surface area contributed by atoms with Crippen molar-refractivity contribution in [3.8, 4) is 17.6 Å². The van der Waals surface area contributed by atoms with Gasteiger partial charge in [-0.3, -0.25) is 9.59 Å². The van der Waals surface area contributed by atoms with E-state index in [-0.39, 0.29) is 17.0 Å². The molecule has 0 radical (unpaired) electrons. The Kier molecular flexibility index (Phi) is 4.42. The number of carbonyl (C=O) groups excluding carboxylic acids is 2. The van der Waals surface area contributed by atoms with Crippen LogP contribution in [0.15, 0.2) is 12.1 Å². The Labute approximate surface area is 132 Å². The van der Waals surface area contributed by atoms with Crippen molar-refractivity contribution in [1.29, 1.82) is 0 Å². The molecule has 22 heavy (non-hydrogen) atoms. The Morgan fingerprint density at radius 1 is 1.18 bits per heavy atom. The van der Waals surface area contributed by atoms with Crippen molar-refractivity contribution in [3.05, 3.63) is 28.8 Å². The van der Waals surface area contributed by atoms with Gasteiger partial charge in [0.25, 0.3) is 0 Å². The number of Topliss-reactive ketones (excluding diaryl/α,β-unsaturated/α-hetero) is 2. The summed E-state index contributed by atoms with van der Waals surface area (Å²) in [6.45, 7) is 7.59. The Bertz CT molecular complexity index is 667. The molecule has 0 unspecified atom stereocenters. The summed E-state index contributed by atoms with van der Waals surface area (Å²) in [4.78, 5) is 25.1. The number of hydrogen-bond acceptors (Lipinski definition) is 3. The van der Waals surface area contributed by atoms with E-state index in [1.807, 2.05) is 26.8 Å². The minimum absolute atomic E-state index is 0.0167. The van der Waals surface area contributed by atoms with Crippen LogP contribution >= 0.6 is 0 Å². The number of aryl methyl sites for hydroxylation is 1. The molecule has 1 aromatic carbocycles. The number of ketones is 2. The van der Waals surface area contributed by atoms with E-state index in [1.165, 1.54) is 0 Å². The number of rotatable bonds is 2. The molecule has 0 spiro atoms. The third-order valence-electron chi connectivity index (χ3n) is 4.08. The van der Waals surface area contributed by atoms with Gasteiger partial charge in [-0.25, -0.2) is 0 Å². The van der Waals surface area contributed by atoms with Crippen LogP contribution in [-0.4, -0.2) is 18.7 Å². The van der Waals surface area contributed by atoms with Crippen LogP contribution in [-0.2, 0) is 9.59 Å². The standard InChI is InChI=1S/C19H22O3/c1-6-7-13-8-12(2)17(16(9-13)22-5)18-14(20)10-19(3,4)11-15(18)21/h8-9,18H,10-11H2,1-5H3. The van der Waals surface area contributed by atoms with Crippen LogP contribution in [0.4, 0.5) is 0 Å². The number of hydrogen-bond donors (Lipinski definition) is 0. The Morgan fingerprint density at radius 3 is 2.27 bits per heavy atom. The van der Waals surface area contributed by atoms with Crippen molar-refractivity contribution in [2.24, 2.45) is 5.41 Å². The topological polar surface area (TPSA) is 43.4 Å². The molecular weight excluding hydrogens is 276 g/mol. The highest BCUT2D eigenvalue weighted by molar-refractivity contribution is 6.10. The first-order valence-corrected chi connectivity index (χ1v) is 7.46. The minimum Gasteiger partial charge on any atom is -0.496 e. The van der Waals surface area contributed by atoms with E-state index in [1.54, 1.807) is 20.1 Å². The fourth-order valence-corrected chi connectivity index (χ4v) is 3.23. The van der Waals surface area contributed by atoms with Crippen LogP contribution in [0.1, 0.15) is 56.2 Å². The molecule has 1 fully saturated rings. The molecular formula is C19H22O3. The molecule has 0 saturated heterocycles. The summed E-state index contributed by atoms with van der Waals surface area (Å²) in [7, 11) is 1.56. The van der Waals surface area contributed by atoms with Gasteiger partial charge in [0.05, 0.1) is 7.11 Å². The van der Waals surface area contributed by atoms with Crippen LogP contribution in [0.3, 0.4) is 0 Å². The summed E-state index contributed by atoms with van der Waals surface area (Å²) >= 11 is 0. The van der Waals surface area contributed by atoms with Crippen LogP contribution in [0.5, 0.6) is 5.75 Å². The predicted octanol–water partition coefficient (Wildman–Crippen LogP) is 3.42. The lowest BCUT2D eigenvalue weighted by Crippen LogP contribution is -2.36. The first kappa shape index (κ1) is 16.3. The number of carbonyl (C=O) groups is 2. The Hall–Kier alpha value is -2.08. The van der Waals surface area contributed by atoms with E-state index in [0.717, 1.165) is 11.1 Å². The van der Waals surface area contributed by atoms with E-state index in [4.69, 9.17) is 4.74 Å². The summed E-state index contributed by atoms with van der Waals surface area (Å²) in [6.07, 6.45) is 0.838. The minimum atomic E-state index is -0.702. The molecule has 0 bridgehead atoms. The quantitative estimate of drug-likeness (QED) is 0.620. The van der Waals surface area contributed by atoms with Gasteiger partial charge in [0.15, 0.2) is 0 Å². The van der Waals surface area contributed by atoms with Gasteiger partial charge >= 0.3 is 0 Å². The largest absolute Gasteiger partial charge is 0.496 e. The molecule has 116 valence electrons. The first-order valence-electron chi connectivity index (χ1n) is 7.46. The molecule has 2 rings (SSSR count). The molecule has 0 aliphatic heterocycles. The van der Waals surface area contributed by atoms with Crippen molar-refractivity contribution in [3.63, 3.8) is 0 Å². The molecule has 3 heteroatoms. The summed E-state index contributed by atoms with van der Waals surface area (Å²) in [5.41, 5.74) is 2.16.